The van der Waals surface area contributed by atoms with Crippen LogP contribution in [0.3, 0.4) is 0 Å². The first-order chi connectivity index (χ1) is 18.7. The van der Waals surface area contributed by atoms with Gasteiger partial charge in [0.25, 0.3) is 5.91 Å². The van der Waals surface area contributed by atoms with E-state index in [0.29, 0.717) is 33.1 Å². The number of anilines is 2. The van der Waals surface area contributed by atoms with Crippen LogP contribution in [0.2, 0.25) is 5.02 Å². The van der Waals surface area contributed by atoms with Gasteiger partial charge in [0, 0.05) is 21.8 Å². The Morgan fingerprint density at radius 1 is 1.05 bits per heavy atom. The van der Waals surface area contributed by atoms with Gasteiger partial charge >= 0.3 is 0 Å². The first kappa shape index (κ1) is 29.9. The third kappa shape index (κ3) is 6.50. The summed E-state index contributed by atoms with van der Waals surface area (Å²) >= 11 is 6.02. The first-order valence-corrected chi connectivity index (χ1v) is 12.1. The third-order valence-corrected chi connectivity index (χ3v) is 6.04. The van der Waals surface area contributed by atoms with E-state index in [4.69, 9.17) is 22.1 Å². The number of pyridine rings is 1. The zero-order chi connectivity index (χ0) is 28.1. The van der Waals surface area contributed by atoms with Crippen molar-refractivity contribution in [2.75, 3.05) is 17.7 Å². The third-order valence-electron chi connectivity index (χ3n) is 5.81. The number of nitrogens with zero attached hydrogens (tertiary/aromatic N) is 2. The van der Waals surface area contributed by atoms with Crippen molar-refractivity contribution in [1.82, 2.24) is 4.98 Å². The molecule has 2 amide bonds. The van der Waals surface area contributed by atoms with E-state index in [2.05, 4.69) is 21.7 Å². The number of aromatic nitrogens is 1. The van der Waals surface area contributed by atoms with Crippen LogP contribution >= 0.6 is 24.0 Å². The van der Waals surface area contributed by atoms with E-state index in [9.17, 15) is 20.0 Å². The molecule has 0 radical (unpaired) electrons. The molecule has 0 fully saturated rings. The van der Waals surface area contributed by atoms with E-state index in [1.807, 2.05) is 0 Å². The average molecular weight is 578 g/mol. The van der Waals surface area contributed by atoms with E-state index in [-0.39, 0.29) is 46.7 Å². The Kier molecular flexibility index (Phi) is 9.69. The van der Waals surface area contributed by atoms with Crippen LogP contribution in [0.4, 0.5) is 11.5 Å². The fraction of sp³-hybridized carbons (Fsp3) is 0.103. The van der Waals surface area contributed by atoms with Gasteiger partial charge in [-0.1, -0.05) is 35.9 Å². The maximum Gasteiger partial charge on any atom is 0.260 e. The summed E-state index contributed by atoms with van der Waals surface area (Å²) in [6.07, 6.45) is 0. The predicted molar refractivity (Wildman–Crippen MR) is 157 cm³/mol. The van der Waals surface area contributed by atoms with E-state index in [1.165, 1.54) is 13.2 Å². The molecule has 1 atom stereocenters. The first-order valence-electron chi connectivity index (χ1n) is 11.8. The average Bonchev–Trinajstić information content (AvgIpc) is 2.92. The summed E-state index contributed by atoms with van der Waals surface area (Å²) in [4.78, 5) is 29.9. The summed E-state index contributed by atoms with van der Waals surface area (Å²) in [5.41, 5.74) is 8.03. The van der Waals surface area contributed by atoms with Crippen molar-refractivity contribution >= 4 is 47.3 Å². The van der Waals surface area contributed by atoms with Crippen LogP contribution in [-0.4, -0.2) is 35.1 Å². The molecule has 4 rings (SSSR count). The summed E-state index contributed by atoms with van der Waals surface area (Å²) in [5, 5.41) is 26.5. The molecular formula is C29H25Cl2N5O4. The summed E-state index contributed by atoms with van der Waals surface area (Å²) in [6.45, 7) is 1.57. The van der Waals surface area contributed by atoms with E-state index < -0.39 is 11.9 Å². The van der Waals surface area contributed by atoms with Crippen LogP contribution in [-0.2, 0) is 4.79 Å². The van der Waals surface area contributed by atoms with Gasteiger partial charge in [0.1, 0.15) is 23.1 Å². The Morgan fingerprint density at radius 2 is 1.80 bits per heavy atom. The number of methoxy groups -OCH3 is 1. The number of hydrogen-bond acceptors (Lipinski definition) is 7. The van der Waals surface area contributed by atoms with E-state index in [0.717, 1.165) is 0 Å². The van der Waals surface area contributed by atoms with Crippen LogP contribution < -0.4 is 21.1 Å². The number of nitriles is 1. The molecule has 204 valence electrons. The number of amides is 2. The number of ether oxygens (including phenoxy) is 1. The van der Waals surface area contributed by atoms with E-state index in [1.54, 1.807) is 73.7 Å². The molecule has 4 aromatic rings. The highest BCUT2D eigenvalue weighted by atomic mass is 35.5. The Balaban J connectivity index is 0.00000441. The van der Waals surface area contributed by atoms with Crippen molar-refractivity contribution < 1.29 is 19.4 Å². The highest BCUT2D eigenvalue weighted by Crippen LogP contribution is 2.37. The molecule has 0 aliphatic rings. The molecule has 0 aliphatic carbocycles. The standard InChI is InChI=1S/C29H24ClN5O4.ClH/c1-16(32)28(37)33-19-7-5-6-17(12-19)22-14-24(20-11-10-18(30)13-25(20)36)34-27(23(22)15-31)35-29(38)21-8-3-4-9-26(21)39-2;/h3-14,16,36H,32H2,1-2H3,(H,33,37)(H,34,35,38);1H. The molecule has 1 unspecified atom stereocenters. The minimum absolute atomic E-state index is 0. The van der Waals surface area contributed by atoms with Crippen LogP contribution in [0.5, 0.6) is 11.5 Å². The Labute approximate surface area is 242 Å². The molecule has 0 aliphatic heterocycles. The number of nitrogens with two attached hydrogens (primary N) is 1. The normalized spacial score (nSPS) is 11.0. The molecule has 1 heterocycles. The van der Waals surface area contributed by atoms with Crippen LogP contribution in [0.25, 0.3) is 22.4 Å². The largest absolute Gasteiger partial charge is 0.507 e. The number of carbonyl (C=O) groups excluding carboxylic acids is 2. The number of benzene rings is 3. The number of phenolic OH excluding ortho intramolecular Hbond substituents is 1. The lowest BCUT2D eigenvalue weighted by Gasteiger charge is -2.16. The van der Waals surface area contributed by atoms with Gasteiger partial charge in [0.15, 0.2) is 5.82 Å². The maximum atomic E-state index is 13.2. The van der Waals surface area contributed by atoms with Crippen LogP contribution in [0.15, 0.2) is 72.8 Å². The van der Waals surface area contributed by atoms with Gasteiger partial charge in [0.05, 0.1) is 24.4 Å². The number of carbonyl (C=O) groups is 2. The number of halogens is 2. The van der Waals surface area contributed by atoms with Crippen molar-refractivity contribution in [3.8, 4) is 40.0 Å². The van der Waals surface area contributed by atoms with Gasteiger partial charge in [-0.2, -0.15) is 5.26 Å². The van der Waals surface area contributed by atoms with Gasteiger partial charge in [-0.15, -0.1) is 12.4 Å². The fourth-order valence-electron chi connectivity index (χ4n) is 3.86. The van der Waals surface area contributed by atoms with E-state index >= 15 is 0 Å². The molecule has 5 N–H and O–H groups in total. The lowest BCUT2D eigenvalue weighted by Crippen LogP contribution is -2.32. The van der Waals surface area contributed by atoms with Crippen LogP contribution in [0, 0.1) is 11.3 Å². The quantitative estimate of drug-likeness (QED) is 0.222. The summed E-state index contributed by atoms with van der Waals surface area (Å²) in [6, 6.07) is 21.0. The molecule has 0 spiro atoms. The second kappa shape index (κ2) is 13.0. The number of para-hydroxylation sites is 1. The second-order valence-corrected chi connectivity index (χ2v) is 9.00. The van der Waals surface area contributed by atoms with Crippen molar-refractivity contribution in [3.05, 3.63) is 88.9 Å². The van der Waals surface area contributed by atoms with Crippen LogP contribution in [0.1, 0.15) is 22.8 Å². The Bertz CT molecular complexity index is 1620. The summed E-state index contributed by atoms with van der Waals surface area (Å²) in [5.74, 6) is -0.736. The summed E-state index contributed by atoms with van der Waals surface area (Å²) < 4.78 is 5.30. The molecular weight excluding hydrogens is 553 g/mol. The highest BCUT2D eigenvalue weighted by Gasteiger charge is 2.21. The lowest BCUT2D eigenvalue weighted by atomic mass is 9.97. The molecule has 9 nitrogen and oxygen atoms in total. The predicted octanol–water partition coefficient (Wildman–Crippen LogP) is 5.61. The van der Waals surface area contributed by atoms with Gasteiger partial charge in [-0.05, 0) is 61.0 Å². The van der Waals surface area contributed by atoms with Crippen molar-refractivity contribution in [2.45, 2.75) is 13.0 Å². The number of nitrogens with one attached hydrogen (secondary N) is 2. The fourth-order valence-corrected chi connectivity index (χ4v) is 4.03. The van der Waals surface area contributed by atoms with Crippen molar-refractivity contribution in [1.29, 1.82) is 5.26 Å². The number of aromatic hydroxyl groups is 1. The molecule has 40 heavy (non-hydrogen) atoms. The number of rotatable bonds is 7. The van der Waals surface area contributed by atoms with Gasteiger partial charge in [0.2, 0.25) is 5.91 Å². The molecule has 11 heteroatoms. The SMILES string of the molecule is COc1ccccc1C(=O)Nc1nc(-c2ccc(Cl)cc2O)cc(-c2cccc(NC(=O)C(C)N)c2)c1C#N.Cl. The summed E-state index contributed by atoms with van der Waals surface area (Å²) in [7, 11) is 1.45. The minimum Gasteiger partial charge on any atom is -0.507 e. The van der Waals surface area contributed by atoms with Gasteiger partial charge in [-0.25, -0.2) is 4.98 Å². The Hall–Kier alpha value is -4.62. The molecule has 0 bridgehead atoms. The molecule has 1 aromatic heterocycles. The molecule has 0 saturated heterocycles. The van der Waals surface area contributed by atoms with Gasteiger partial charge < -0.3 is 26.2 Å². The van der Waals surface area contributed by atoms with Crippen molar-refractivity contribution in [2.24, 2.45) is 5.73 Å². The number of hydrogen-bond donors (Lipinski definition) is 4. The zero-order valence-corrected chi connectivity index (χ0v) is 23.0. The smallest absolute Gasteiger partial charge is 0.260 e. The second-order valence-electron chi connectivity index (χ2n) is 8.57. The van der Waals surface area contributed by atoms with Gasteiger partial charge in [-0.3, -0.25) is 9.59 Å². The monoisotopic (exact) mass is 577 g/mol. The molecule has 0 saturated carbocycles. The maximum absolute atomic E-state index is 13.2. The highest BCUT2D eigenvalue weighted by molar-refractivity contribution is 6.30. The minimum atomic E-state index is -0.722. The number of phenols is 1. The van der Waals surface area contributed by atoms with Crippen molar-refractivity contribution in [3.63, 3.8) is 0 Å². The molecule has 3 aromatic carbocycles. The topological polar surface area (TPSA) is 150 Å². The zero-order valence-electron chi connectivity index (χ0n) is 21.4. The lowest BCUT2D eigenvalue weighted by molar-refractivity contribution is -0.117. The Morgan fingerprint density at radius 3 is 2.48 bits per heavy atom.